The minimum Gasteiger partial charge on any atom is -0.370 e. The van der Waals surface area contributed by atoms with Gasteiger partial charge in [0, 0.05) is 28.8 Å². The number of amides is 1. The number of halogens is 1. The van der Waals surface area contributed by atoms with Crippen LogP contribution in [0.3, 0.4) is 0 Å². The summed E-state index contributed by atoms with van der Waals surface area (Å²) in [6.45, 7) is 2.00. The number of nitrogens with one attached hydrogen (secondary N) is 2. The highest BCUT2D eigenvalue weighted by atomic mass is 79.9. The summed E-state index contributed by atoms with van der Waals surface area (Å²) in [6.07, 6.45) is 0.450. The van der Waals surface area contributed by atoms with Crippen LogP contribution in [0.5, 0.6) is 0 Å². The van der Waals surface area contributed by atoms with Crippen molar-refractivity contribution in [3.05, 3.63) is 22.2 Å². The molecule has 0 radical (unpaired) electrons. The molecule has 0 bridgehead atoms. The zero-order chi connectivity index (χ0) is 14.9. The number of hydrogen-bond donors (Lipinski definition) is 2. The van der Waals surface area contributed by atoms with Crippen LogP contribution >= 0.6 is 15.9 Å². The fourth-order valence-corrected chi connectivity index (χ4v) is 2.97. The van der Waals surface area contributed by atoms with Gasteiger partial charge in [-0.05, 0) is 42.0 Å². The van der Waals surface area contributed by atoms with Gasteiger partial charge in [0.1, 0.15) is 6.04 Å². The number of benzene rings is 1. The van der Waals surface area contributed by atoms with Crippen LogP contribution in [0.4, 0.5) is 11.4 Å². The SMILES string of the molecule is CNC1C(=O)Nc2cc(N(C)C(C)CC#N)c(Br)cc21. The minimum absolute atomic E-state index is 0.0423. The van der Waals surface area contributed by atoms with Gasteiger partial charge in [-0.1, -0.05) is 0 Å². The molecule has 0 fully saturated rings. The van der Waals surface area contributed by atoms with Crippen LogP contribution < -0.4 is 15.5 Å². The monoisotopic (exact) mass is 336 g/mol. The maximum Gasteiger partial charge on any atom is 0.246 e. The van der Waals surface area contributed by atoms with Gasteiger partial charge in [-0.15, -0.1) is 0 Å². The Morgan fingerprint density at radius 3 is 2.90 bits per heavy atom. The Bertz CT molecular complexity index is 581. The molecule has 6 heteroatoms. The Balaban J connectivity index is 2.38. The molecule has 2 rings (SSSR count). The number of anilines is 2. The summed E-state index contributed by atoms with van der Waals surface area (Å²) in [5.74, 6) is -0.0423. The molecule has 2 atom stereocenters. The van der Waals surface area contributed by atoms with E-state index in [0.717, 1.165) is 21.4 Å². The molecule has 0 saturated heterocycles. The van der Waals surface area contributed by atoms with E-state index < -0.39 is 0 Å². The number of carbonyl (C=O) groups is 1. The average molecular weight is 337 g/mol. The summed E-state index contributed by atoms with van der Waals surface area (Å²) in [6, 6.07) is 5.88. The minimum atomic E-state index is -0.308. The van der Waals surface area contributed by atoms with Crippen molar-refractivity contribution in [2.45, 2.75) is 25.4 Å². The average Bonchev–Trinajstić information content (AvgIpc) is 2.71. The molecule has 0 aromatic heterocycles. The highest BCUT2D eigenvalue weighted by Gasteiger charge is 2.30. The first-order valence-corrected chi connectivity index (χ1v) is 7.20. The standard InChI is InChI=1S/C14H17BrN4O/c1-8(4-5-16)19(3)12-7-11-9(6-10(12)15)13(17-2)14(20)18-11/h6-8,13,17H,4H2,1-3H3,(H,18,20). The third kappa shape index (κ3) is 2.51. The fraction of sp³-hybridized carbons (Fsp3) is 0.429. The van der Waals surface area contributed by atoms with Crippen LogP contribution in [-0.4, -0.2) is 26.0 Å². The van der Waals surface area contributed by atoms with E-state index in [9.17, 15) is 4.79 Å². The summed E-state index contributed by atoms with van der Waals surface area (Å²) in [5.41, 5.74) is 2.72. The first-order chi connectivity index (χ1) is 9.49. The number of nitrogens with zero attached hydrogens (tertiary/aromatic N) is 2. The second-order valence-electron chi connectivity index (χ2n) is 4.92. The number of carbonyl (C=O) groups excluding carboxylic acids is 1. The Morgan fingerprint density at radius 2 is 2.30 bits per heavy atom. The van der Waals surface area contributed by atoms with Crippen molar-refractivity contribution in [2.75, 3.05) is 24.3 Å². The Labute approximate surface area is 127 Å². The van der Waals surface area contributed by atoms with Gasteiger partial charge < -0.3 is 15.5 Å². The van der Waals surface area contributed by atoms with Gasteiger partial charge in [0.05, 0.1) is 18.2 Å². The Kier molecular flexibility index (Phi) is 4.31. The van der Waals surface area contributed by atoms with Crippen molar-refractivity contribution in [3.63, 3.8) is 0 Å². The first-order valence-electron chi connectivity index (χ1n) is 6.41. The third-order valence-corrected chi connectivity index (χ3v) is 4.30. The van der Waals surface area contributed by atoms with E-state index in [0.29, 0.717) is 6.42 Å². The molecule has 106 valence electrons. The number of fused-ring (bicyclic) bond motifs is 1. The van der Waals surface area contributed by atoms with Crippen LogP contribution in [0.25, 0.3) is 0 Å². The topological polar surface area (TPSA) is 68.2 Å². The number of nitriles is 1. The molecule has 1 amide bonds. The highest BCUT2D eigenvalue weighted by Crippen LogP contribution is 2.39. The Hall–Kier alpha value is -1.58. The van der Waals surface area contributed by atoms with E-state index in [2.05, 4.69) is 32.6 Å². The molecular weight excluding hydrogens is 320 g/mol. The number of likely N-dealkylation sites (N-methyl/N-ethyl adjacent to an activating group) is 1. The molecule has 20 heavy (non-hydrogen) atoms. The van der Waals surface area contributed by atoms with Crippen LogP contribution in [-0.2, 0) is 4.79 Å². The fourth-order valence-electron chi connectivity index (χ4n) is 2.33. The van der Waals surface area contributed by atoms with Crippen molar-refractivity contribution in [3.8, 4) is 6.07 Å². The van der Waals surface area contributed by atoms with E-state index in [-0.39, 0.29) is 18.0 Å². The molecule has 0 aliphatic carbocycles. The molecule has 1 heterocycles. The predicted molar refractivity (Wildman–Crippen MR) is 82.7 cm³/mol. The number of hydrogen-bond acceptors (Lipinski definition) is 4. The molecule has 2 unspecified atom stereocenters. The first kappa shape index (κ1) is 14.8. The van der Waals surface area contributed by atoms with Gasteiger partial charge in [-0.3, -0.25) is 4.79 Å². The normalized spacial score (nSPS) is 18.1. The summed E-state index contributed by atoms with van der Waals surface area (Å²) in [5, 5.41) is 14.7. The molecular formula is C14H17BrN4O. The molecule has 1 aromatic carbocycles. The van der Waals surface area contributed by atoms with Gasteiger partial charge in [0.15, 0.2) is 0 Å². The lowest BCUT2D eigenvalue weighted by molar-refractivity contribution is -0.117. The molecule has 5 nitrogen and oxygen atoms in total. The maximum atomic E-state index is 11.8. The van der Waals surface area contributed by atoms with E-state index >= 15 is 0 Å². The van der Waals surface area contributed by atoms with Gasteiger partial charge in [0.2, 0.25) is 5.91 Å². The van der Waals surface area contributed by atoms with Gasteiger partial charge in [-0.2, -0.15) is 5.26 Å². The van der Waals surface area contributed by atoms with Gasteiger partial charge in [0.25, 0.3) is 0 Å². The molecule has 0 spiro atoms. The zero-order valence-corrected chi connectivity index (χ0v) is 13.3. The third-order valence-electron chi connectivity index (χ3n) is 3.67. The molecule has 2 N–H and O–H groups in total. The lowest BCUT2D eigenvalue weighted by atomic mass is 10.1. The van der Waals surface area contributed by atoms with E-state index in [1.165, 1.54) is 0 Å². The Morgan fingerprint density at radius 1 is 1.60 bits per heavy atom. The largest absolute Gasteiger partial charge is 0.370 e. The summed E-state index contributed by atoms with van der Waals surface area (Å²) >= 11 is 3.56. The predicted octanol–water partition coefficient (Wildman–Crippen LogP) is 2.40. The zero-order valence-electron chi connectivity index (χ0n) is 11.7. The van der Waals surface area contributed by atoms with Crippen LogP contribution in [0.2, 0.25) is 0 Å². The van der Waals surface area contributed by atoms with Crippen molar-refractivity contribution < 1.29 is 4.79 Å². The highest BCUT2D eigenvalue weighted by molar-refractivity contribution is 9.10. The lowest BCUT2D eigenvalue weighted by Gasteiger charge is -2.27. The molecule has 1 aliphatic heterocycles. The second-order valence-corrected chi connectivity index (χ2v) is 5.78. The molecule has 0 saturated carbocycles. The van der Waals surface area contributed by atoms with Crippen molar-refractivity contribution in [1.82, 2.24) is 5.32 Å². The smallest absolute Gasteiger partial charge is 0.246 e. The van der Waals surface area contributed by atoms with Crippen LogP contribution in [0.1, 0.15) is 24.9 Å². The van der Waals surface area contributed by atoms with E-state index in [4.69, 9.17) is 5.26 Å². The van der Waals surface area contributed by atoms with Crippen LogP contribution in [0, 0.1) is 11.3 Å². The summed E-state index contributed by atoms with van der Waals surface area (Å²) in [7, 11) is 3.71. The number of rotatable bonds is 4. The van der Waals surface area contributed by atoms with E-state index in [1.54, 1.807) is 7.05 Å². The van der Waals surface area contributed by atoms with Gasteiger partial charge in [-0.25, -0.2) is 0 Å². The van der Waals surface area contributed by atoms with Crippen molar-refractivity contribution >= 4 is 33.2 Å². The lowest BCUT2D eigenvalue weighted by Crippen LogP contribution is -2.28. The maximum absolute atomic E-state index is 11.8. The van der Waals surface area contributed by atoms with Crippen LogP contribution in [0.15, 0.2) is 16.6 Å². The van der Waals surface area contributed by atoms with E-state index in [1.807, 2.05) is 31.0 Å². The summed E-state index contributed by atoms with van der Waals surface area (Å²) < 4.78 is 0.917. The molecule has 1 aromatic rings. The second kappa shape index (κ2) is 5.81. The summed E-state index contributed by atoms with van der Waals surface area (Å²) in [4.78, 5) is 13.9. The molecule has 1 aliphatic rings. The van der Waals surface area contributed by atoms with Gasteiger partial charge >= 0.3 is 0 Å². The quantitative estimate of drug-likeness (QED) is 0.885. The van der Waals surface area contributed by atoms with Crippen molar-refractivity contribution in [2.24, 2.45) is 0 Å². The van der Waals surface area contributed by atoms with Crippen molar-refractivity contribution in [1.29, 1.82) is 5.26 Å².